The summed E-state index contributed by atoms with van der Waals surface area (Å²) in [6, 6.07) is 16.5. The molecule has 1 aliphatic heterocycles. The molecule has 2 aromatic rings. The minimum absolute atomic E-state index is 0.0285. The Bertz CT molecular complexity index is 771. The Morgan fingerprint density at radius 1 is 1.03 bits per heavy atom. The van der Waals surface area contributed by atoms with Crippen molar-refractivity contribution in [3.8, 4) is 5.75 Å². The first-order chi connectivity index (χ1) is 14.6. The highest BCUT2D eigenvalue weighted by molar-refractivity contribution is 5.77. The lowest BCUT2D eigenvalue weighted by atomic mass is 10.1. The number of carbonyl (C=O) groups excluding carboxylic acids is 1. The van der Waals surface area contributed by atoms with Crippen LogP contribution in [0, 0.1) is 0 Å². The van der Waals surface area contributed by atoms with Gasteiger partial charge in [0.2, 0.25) is 5.91 Å². The van der Waals surface area contributed by atoms with Crippen LogP contribution in [0.5, 0.6) is 5.75 Å². The van der Waals surface area contributed by atoms with Gasteiger partial charge in [-0.3, -0.25) is 14.6 Å². The van der Waals surface area contributed by atoms with Gasteiger partial charge in [-0.15, -0.1) is 0 Å². The molecule has 6 nitrogen and oxygen atoms in total. The first-order valence-electron chi connectivity index (χ1n) is 10.7. The summed E-state index contributed by atoms with van der Waals surface area (Å²) >= 11 is 0. The second-order valence-corrected chi connectivity index (χ2v) is 7.73. The minimum Gasteiger partial charge on any atom is -0.494 e. The van der Waals surface area contributed by atoms with E-state index >= 15 is 0 Å². The molecular weight excluding hydrogens is 378 g/mol. The molecule has 6 heteroatoms. The summed E-state index contributed by atoms with van der Waals surface area (Å²) in [7, 11) is 1.95. The molecule has 0 aliphatic carbocycles. The molecule has 0 bridgehead atoms. The molecule has 1 heterocycles. The summed E-state index contributed by atoms with van der Waals surface area (Å²) in [6.07, 6.45) is 0. The molecule has 162 valence electrons. The lowest BCUT2D eigenvalue weighted by molar-refractivity contribution is -0.122. The first-order valence-corrected chi connectivity index (χ1v) is 10.7. The zero-order chi connectivity index (χ0) is 21.2. The number of carbonyl (C=O) groups is 1. The molecule has 1 N–H and O–H groups in total. The van der Waals surface area contributed by atoms with E-state index < -0.39 is 0 Å². The summed E-state index contributed by atoms with van der Waals surface area (Å²) in [4.78, 5) is 16.7. The van der Waals surface area contributed by atoms with Gasteiger partial charge in [-0.2, -0.15) is 0 Å². The van der Waals surface area contributed by atoms with Crippen LogP contribution in [0.1, 0.15) is 23.6 Å². The zero-order valence-electron chi connectivity index (χ0n) is 18.1. The molecule has 2 aromatic carbocycles. The smallest absolute Gasteiger partial charge is 0.234 e. The van der Waals surface area contributed by atoms with E-state index in [0.717, 1.165) is 56.3 Å². The molecule has 30 heavy (non-hydrogen) atoms. The average molecular weight is 412 g/mol. The molecule has 0 saturated carbocycles. The van der Waals surface area contributed by atoms with Crippen LogP contribution in [-0.4, -0.2) is 62.2 Å². The highest BCUT2D eigenvalue weighted by atomic mass is 16.5. The SMILES string of the molecule is CCOc1ccc(CN(C)CC(=O)NCc2ccc(CN3CCOCC3)cc2)cc1. The van der Waals surface area contributed by atoms with Crippen LogP contribution in [0.2, 0.25) is 0 Å². The van der Waals surface area contributed by atoms with Gasteiger partial charge in [-0.1, -0.05) is 36.4 Å². The molecule has 3 rings (SSSR count). The maximum atomic E-state index is 12.3. The van der Waals surface area contributed by atoms with Gasteiger partial charge in [-0.25, -0.2) is 0 Å². The van der Waals surface area contributed by atoms with Crippen LogP contribution < -0.4 is 10.1 Å². The Labute approximate surface area is 179 Å². The molecule has 0 radical (unpaired) electrons. The molecule has 1 fully saturated rings. The normalized spacial score (nSPS) is 14.6. The molecule has 1 aliphatic rings. The molecule has 0 aromatic heterocycles. The first kappa shape index (κ1) is 22.3. The van der Waals surface area contributed by atoms with Crippen molar-refractivity contribution in [2.45, 2.75) is 26.6 Å². The van der Waals surface area contributed by atoms with Crippen LogP contribution in [0.4, 0.5) is 0 Å². The van der Waals surface area contributed by atoms with Crippen molar-refractivity contribution >= 4 is 5.91 Å². The van der Waals surface area contributed by atoms with E-state index in [1.807, 2.05) is 43.1 Å². The second-order valence-electron chi connectivity index (χ2n) is 7.73. The van der Waals surface area contributed by atoms with E-state index in [1.54, 1.807) is 0 Å². The van der Waals surface area contributed by atoms with Crippen molar-refractivity contribution < 1.29 is 14.3 Å². The quantitative estimate of drug-likeness (QED) is 0.652. The molecule has 0 unspecified atom stereocenters. The molecule has 0 atom stereocenters. The maximum absolute atomic E-state index is 12.3. The predicted molar refractivity (Wildman–Crippen MR) is 118 cm³/mol. The Morgan fingerprint density at radius 2 is 1.67 bits per heavy atom. The third-order valence-corrected chi connectivity index (χ3v) is 5.12. The lowest BCUT2D eigenvalue weighted by Crippen LogP contribution is -2.35. The topological polar surface area (TPSA) is 54.0 Å². The minimum atomic E-state index is 0.0285. The number of hydrogen-bond acceptors (Lipinski definition) is 5. The number of ether oxygens (including phenoxy) is 2. The Hall–Kier alpha value is -2.41. The number of benzene rings is 2. The van der Waals surface area contributed by atoms with Gasteiger partial charge in [0.15, 0.2) is 0 Å². The van der Waals surface area contributed by atoms with Crippen LogP contribution in [0.25, 0.3) is 0 Å². The fourth-order valence-corrected chi connectivity index (χ4v) is 3.51. The Kier molecular flexibility index (Phi) is 8.68. The summed E-state index contributed by atoms with van der Waals surface area (Å²) in [5.41, 5.74) is 3.56. The van der Waals surface area contributed by atoms with E-state index in [9.17, 15) is 4.79 Å². The van der Waals surface area contributed by atoms with Crippen molar-refractivity contribution in [3.63, 3.8) is 0 Å². The fourth-order valence-electron chi connectivity index (χ4n) is 3.51. The van der Waals surface area contributed by atoms with Crippen molar-refractivity contribution in [1.82, 2.24) is 15.1 Å². The van der Waals surface area contributed by atoms with E-state index in [0.29, 0.717) is 19.7 Å². The number of morpholine rings is 1. The van der Waals surface area contributed by atoms with Gasteiger partial charge < -0.3 is 14.8 Å². The van der Waals surface area contributed by atoms with Crippen molar-refractivity contribution in [2.75, 3.05) is 46.5 Å². The maximum Gasteiger partial charge on any atom is 0.234 e. The van der Waals surface area contributed by atoms with E-state index in [1.165, 1.54) is 5.56 Å². The summed E-state index contributed by atoms with van der Waals surface area (Å²) < 4.78 is 10.9. The number of rotatable bonds is 10. The number of nitrogens with zero attached hydrogens (tertiary/aromatic N) is 2. The van der Waals surface area contributed by atoms with Crippen molar-refractivity contribution in [2.24, 2.45) is 0 Å². The lowest BCUT2D eigenvalue weighted by Gasteiger charge is -2.26. The van der Waals surface area contributed by atoms with Crippen LogP contribution in [-0.2, 0) is 29.2 Å². The molecule has 0 spiro atoms. The van der Waals surface area contributed by atoms with E-state index in [2.05, 4.69) is 34.5 Å². The Balaban J connectivity index is 1.38. The van der Waals surface area contributed by atoms with Gasteiger partial charge >= 0.3 is 0 Å². The Morgan fingerprint density at radius 3 is 2.33 bits per heavy atom. The van der Waals surface area contributed by atoms with Gasteiger partial charge in [-0.05, 0) is 42.8 Å². The molecule has 1 saturated heterocycles. The number of nitrogens with one attached hydrogen (secondary N) is 1. The third kappa shape index (κ3) is 7.44. The summed E-state index contributed by atoms with van der Waals surface area (Å²) in [5, 5.41) is 3.01. The van der Waals surface area contributed by atoms with Gasteiger partial charge in [0, 0.05) is 32.7 Å². The van der Waals surface area contributed by atoms with Crippen LogP contribution in [0.15, 0.2) is 48.5 Å². The molecule has 1 amide bonds. The highest BCUT2D eigenvalue weighted by Gasteiger charge is 2.11. The van der Waals surface area contributed by atoms with E-state index in [-0.39, 0.29) is 5.91 Å². The number of hydrogen-bond donors (Lipinski definition) is 1. The van der Waals surface area contributed by atoms with Crippen LogP contribution in [0.3, 0.4) is 0 Å². The largest absolute Gasteiger partial charge is 0.494 e. The second kappa shape index (κ2) is 11.7. The standard InChI is InChI=1S/C24H33N3O3/c1-3-30-23-10-8-21(9-11-23)17-26(2)19-24(28)25-16-20-4-6-22(7-5-20)18-27-12-14-29-15-13-27/h4-11H,3,12-19H2,1-2H3,(H,25,28). The van der Waals surface area contributed by atoms with E-state index in [4.69, 9.17) is 9.47 Å². The van der Waals surface area contributed by atoms with Crippen molar-refractivity contribution in [3.05, 3.63) is 65.2 Å². The fraction of sp³-hybridized carbons (Fsp3) is 0.458. The monoisotopic (exact) mass is 411 g/mol. The van der Waals surface area contributed by atoms with Gasteiger partial charge in [0.1, 0.15) is 5.75 Å². The number of likely N-dealkylation sites (N-methyl/N-ethyl adjacent to an activating group) is 1. The van der Waals surface area contributed by atoms with Gasteiger partial charge in [0.25, 0.3) is 0 Å². The summed E-state index contributed by atoms with van der Waals surface area (Å²) in [6.45, 7) is 8.83. The van der Waals surface area contributed by atoms with Crippen molar-refractivity contribution in [1.29, 1.82) is 0 Å². The third-order valence-electron chi connectivity index (χ3n) is 5.12. The highest BCUT2D eigenvalue weighted by Crippen LogP contribution is 2.13. The van der Waals surface area contributed by atoms with Gasteiger partial charge in [0.05, 0.1) is 26.4 Å². The average Bonchev–Trinajstić information content (AvgIpc) is 2.75. The molecular formula is C24H33N3O3. The predicted octanol–water partition coefficient (Wildman–Crippen LogP) is 2.67. The van der Waals surface area contributed by atoms with Crippen LogP contribution >= 0.6 is 0 Å². The zero-order valence-corrected chi connectivity index (χ0v) is 18.1. The summed E-state index contributed by atoms with van der Waals surface area (Å²) in [5.74, 6) is 0.901. The number of amides is 1.